The number of nitrogens with two attached hydrogens (primary N) is 1. The molecule has 0 radical (unpaired) electrons. The second-order valence-electron chi connectivity index (χ2n) is 5.17. The number of primary amides is 1. The number of aryl methyl sites for hydroxylation is 1. The number of hydrogen-bond acceptors (Lipinski definition) is 3. The number of nitrogens with zero attached hydrogens (tertiary/aromatic N) is 3. The fourth-order valence-corrected chi connectivity index (χ4v) is 2.16. The quantitative estimate of drug-likeness (QED) is 0.807. The lowest BCUT2D eigenvalue weighted by Crippen LogP contribution is -2.16. The minimum Gasteiger partial charge on any atom is -0.369 e. The maximum absolute atomic E-state index is 11.0. The molecule has 1 aliphatic carbocycles. The minimum atomic E-state index is -0.346. The number of hydrogen-bond donors (Lipinski definition) is 1. The van der Waals surface area contributed by atoms with E-state index in [0.717, 1.165) is 23.9 Å². The predicted molar refractivity (Wildman–Crippen MR) is 64.4 cm³/mol. The van der Waals surface area contributed by atoms with Crippen molar-refractivity contribution in [3.05, 3.63) is 11.4 Å². The van der Waals surface area contributed by atoms with Gasteiger partial charge in [-0.15, -0.1) is 5.10 Å². The second-order valence-corrected chi connectivity index (χ2v) is 5.17. The van der Waals surface area contributed by atoms with E-state index in [2.05, 4.69) is 24.2 Å². The smallest absolute Gasteiger partial charge is 0.223 e. The van der Waals surface area contributed by atoms with Gasteiger partial charge < -0.3 is 5.73 Å². The molecule has 17 heavy (non-hydrogen) atoms. The number of rotatable bonds is 6. The summed E-state index contributed by atoms with van der Waals surface area (Å²) in [6, 6.07) is 0. The standard InChI is InChI=1S/C12H20N4O/c1-8(2)12-10(7-11(13)17)14-15-16(12)6-5-9-3-4-9/h8-9H,3-7H2,1-2H3,(H2,13,17). The van der Waals surface area contributed by atoms with Crippen LogP contribution in [-0.2, 0) is 17.8 Å². The molecule has 1 heterocycles. The molecule has 1 saturated carbocycles. The van der Waals surface area contributed by atoms with E-state index in [1.807, 2.05) is 4.68 Å². The van der Waals surface area contributed by atoms with E-state index in [1.54, 1.807) is 0 Å². The first kappa shape index (κ1) is 12.1. The number of amides is 1. The molecule has 2 rings (SSSR count). The third-order valence-electron chi connectivity index (χ3n) is 3.18. The Labute approximate surface area is 101 Å². The van der Waals surface area contributed by atoms with Crippen molar-refractivity contribution in [2.75, 3.05) is 0 Å². The van der Waals surface area contributed by atoms with Gasteiger partial charge in [-0.2, -0.15) is 0 Å². The van der Waals surface area contributed by atoms with Crippen molar-refractivity contribution in [3.8, 4) is 0 Å². The summed E-state index contributed by atoms with van der Waals surface area (Å²) in [5.41, 5.74) is 7.02. The van der Waals surface area contributed by atoms with E-state index in [-0.39, 0.29) is 12.3 Å². The summed E-state index contributed by atoms with van der Waals surface area (Å²) in [6.45, 7) is 5.09. The van der Waals surface area contributed by atoms with Gasteiger partial charge in [0.1, 0.15) is 0 Å². The van der Waals surface area contributed by atoms with Gasteiger partial charge in [-0.25, -0.2) is 4.68 Å². The molecule has 0 saturated heterocycles. The van der Waals surface area contributed by atoms with Gasteiger partial charge in [0.15, 0.2) is 0 Å². The van der Waals surface area contributed by atoms with Crippen LogP contribution in [0.3, 0.4) is 0 Å². The minimum absolute atomic E-state index is 0.191. The van der Waals surface area contributed by atoms with Crippen molar-refractivity contribution in [2.24, 2.45) is 11.7 Å². The molecule has 1 aromatic rings. The normalized spacial score (nSPS) is 15.5. The summed E-state index contributed by atoms with van der Waals surface area (Å²) in [5, 5.41) is 8.24. The Kier molecular flexibility index (Phi) is 3.45. The van der Waals surface area contributed by atoms with E-state index < -0.39 is 0 Å². The van der Waals surface area contributed by atoms with Crippen LogP contribution in [0.15, 0.2) is 0 Å². The van der Waals surface area contributed by atoms with Crippen LogP contribution in [0.5, 0.6) is 0 Å². The van der Waals surface area contributed by atoms with Gasteiger partial charge in [-0.3, -0.25) is 4.79 Å². The van der Waals surface area contributed by atoms with E-state index in [9.17, 15) is 4.79 Å². The van der Waals surface area contributed by atoms with Crippen LogP contribution in [0.4, 0.5) is 0 Å². The van der Waals surface area contributed by atoms with Crippen molar-refractivity contribution in [2.45, 2.75) is 52.0 Å². The lowest BCUT2D eigenvalue weighted by atomic mass is 10.1. The second kappa shape index (κ2) is 4.85. The molecule has 0 bridgehead atoms. The van der Waals surface area contributed by atoms with E-state index >= 15 is 0 Å². The van der Waals surface area contributed by atoms with Gasteiger partial charge in [0, 0.05) is 6.54 Å². The average Bonchev–Trinajstić information content (AvgIpc) is 2.97. The van der Waals surface area contributed by atoms with Crippen molar-refractivity contribution in [1.29, 1.82) is 0 Å². The van der Waals surface area contributed by atoms with Gasteiger partial charge in [0.05, 0.1) is 17.8 Å². The molecule has 1 aliphatic rings. The molecule has 1 aromatic heterocycles. The molecule has 5 heteroatoms. The first-order chi connectivity index (χ1) is 8.08. The third kappa shape index (κ3) is 3.05. The molecule has 0 unspecified atom stereocenters. The van der Waals surface area contributed by atoms with Gasteiger partial charge in [0.2, 0.25) is 5.91 Å². The molecule has 0 aromatic carbocycles. The molecule has 5 nitrogen and oxygen atoms in total. The van der Waals surface area contributed by atoms with E-state index in [4.69, 9.17) is 5.73 Å². The maximum Gasteiger partial charge on any atom is 0.223 e. The highest BCUT2D eigenvalue weighted by Crippen LogP contribution is 2.33. The summed E-state index contributed by atoms with van der Waals surface area (Å²) in [6.07, 6.45) is 4.05. The average molecular weight is 236 g/mol. The largest absolute Gasteiger partial charge is 0.369 e. The highest BCUT2D eigenvalue weighted by molar-refractivity contribution is 5.76. The Morgan fingerprint density at radius 3 is 2.76 bits per heavy atom. The van der Waals surface area contributed by atoms with Crippen LogP contribution in [0.25, 0.3) is 0 Å². The van der Waals surface area contributed by atoms with Crippen molar-refractivity contribution >= 4 is 5.91 Å². The number of aromatic nitrogens is 3. The van der Waals surface area contributed by atoms with Gasteiger partial charge >= 0.3 is 0 Å². The molecular weight excluding hydrogens is 216 g/mol. The molecule has 1 amide bonds. The summed E-state index contributed by atoms with van der Waals surface area (Å²) < 4.78 is 1.95. The van der Waals surface area contributed by atoms with Crippen LogP contribution in [0, 0.1) is 5.92 Å². The third-order valence-corrected chi connectivity index (χ3v) is 3.18. The van der Waals surface area contributed by atoms with E-state index in [1.165, 1.54) is 19.3 Å². The van der Waals surface area contributed by atoms with Crippen LogP contribution in [-0.4, -0.2) is 20.9 Å². The fourth-order valence-electron chi connectivity index (χ4n) is 2.16. The van der Waals surface area contributed by atoms with Crippen molar-refractivity contribution < 1.29 is 4.79 Å². The van der Waals surface area contributed by atoms with E-state index in [0.29, 0.717) is 5.92 Å². The van der Waals surface area contributed by atoms with Crippen LogP contribution in [0.1, 0.15) is 50.4 Å². The topological polar surface area (TPSA) is 73.8 Å². The molecule has 0 spiro atoms. The maximum atomic E-state index is 11.0. The predicted octanol–water partition coefficient (Wildman–Crippen LogP) is 1.23. The lowest BCUT2D eigenvalue weighted by molar-refractivity contribution is -0.117. The SMILES string of the molecule is CC(C)c1c(CC(N)=O)nnn1CCC1CC1. The Bertz CT molecular complexity index is 407. The highest BCUT2D eigenvalue weighted by atomic mass is 16.1. The van der Waals surface area contributed by atoms with Crippen LogP contribution in [0.2, 0.25) is 0 Å². The fraction of sp³-hybridized carbons (Fsp3) is 0.750. The molecule has 2 N–H and O–H groups in total. The zero-order valence-electron chi connectivity index (χ0n) is 10.5. The summed E-state index contributed by atoms with van der Waals surface area (Å²) in [7, 11) is 0. The van der Waals surface area contributed by atoms with Crippen molar-refractivity contribution in [3.63, 3.8) is 0 Å². The molecule has 0 atom stereocenters. The first-order valence-corrected chi connectivity index (χ1v) is 6.28. The summed E-state index contributed by atoms with van der Waals surface area (Å²) >= 11 is 0. The van der Waals surface area contributed by atoms with Crippen molar-refractivity contribution in [1.82, 2.24) is 15.0 Å². The zero-order valence-corrected chi connectivity index (χ0v) is 10.5. The first-order valence-electron chi connectivity index (χ1n) is 6.28. The van der Waals surface area contributed by atoms with Gasteiger partial charge in [0.25, 0.3) is 0 Å². The molecule has 1 fully saturated rings. The van der Waals surface area contributed by atoms with Crippen LogP contribution < -0.4 is 5.73 Å². The number of carbonyl (C=O) groups excluding carboxylic acids is 1. The Hall–Kier alpha value is -1.39. The van der Waals surface area contributed by atoms with Crippen LogP contribution >= 0.6 is 0 Å². The van der Waals surface area contributed by atoms with Gasteiger partial charge in [-0.1, -0.05) is 31.9 Å². The summed E-state index contributed by atoms with van der Waals surface area (Å²) in [4.78, 5) is 11.0. The van der Waals surface area contributed by atoms with Gasteiger partial charge in [-0.05, 0) is 18.3 Å². The highest BCUT2D eigenvalue weighted by Gasteiger charge is 2.23. The molecule has 0 aliphatic heterocycles. The Balaban J connectivity index is 2.12. The monoisotopic (exact) mass is 236 g/mol. The Morgan fingerprint density at radius 1 is 1.53 bits per heavy atom. The molecular formula is C12H20N4O. The lowest BCUT2D eigenvalue weighted by Gasteiger charge is -2.10. The molecule has 94 valence electrons. The zero-order chi connectivity index (χ0) is 12.4. The Morgan fingerprint density at radius 2 is 2.24 bits per heavy atom. The number of carbonyl (C=O) groups is 1. The summed E-state index contributed by atoms with van der Waals surface area (Å²) in [5.74, 6) is 0.846.